The van der Waals surface area contributed by atoms with Crippen molar-refractivity contribution >= 4 is 17.6 Å². The average Bonchev–Trinajstić information content (AvgIpc) is 2.43. The maximum Gasteiger partial charge on any atom is 0.421 e. The van der Waals surface area contributed by atoms with E-state index in [0.29, 0.717) is 12.1 Å². The minimum atomic E-state index is -7.02. The maximum absolute atomic E-state index is 12.8. The Labute approximate surface area is 145 Å². The van der Waals surface area contributed by atoms with Gasteiger partial charge in [-0.3, -0.25) is 4.79 Å². The zero-order chi connectivity index (χ0) is 21.3. The largest absolute Gasteiger partial charge is 0.462 e. The summed E-state index contributed by atoms with van der Waals surface area (Å²) in [7, 11) is 0. The molecule has 1 rings (SSSR count). The summed E-state index contributed by atoms with van der Waals surface area (Å²) in [6, 6.07) is 2.98. The molecule has 0 aliphatic heterocycles. The smallest absolute Gasteiger partial charge is 0.421 e. The number of carbonyl (C=O) groups excluding carboxylic acids is 2. The summed E-state index contributed by atoms with van der Waals surface area (Å²) in [5.74, 6) is -4.27. The molecule has 13 heteroatoms. The van der Waals surface area contributed by atoms with Crippen molar-refractivity contribution in [3.8, 4) is 0 Å². The van der Waals surface area contributed by atoms with E-state index in [1.54, 1.807) is 0 Å². The number of rotatable bonds is 4. The molecule has 1 N–H and O–H groups in total. The van der Waals surface area contributed by atoms with Crippen LogP contribution in [0.3, 0.4) is 0 Å². The second-order valence-electron chi connectivity index (χ2n) is 5.00. The molecule has 0 saturated carbocycles. The zero-order valence-electron chi connectivity index (χ0n) is 13.1. The number of esters is 1. The van der Waals surface area contributed by atoms with Crippen LogP contribution in [-0.2, 0) is 9.53 Å². The number of ether oxygens (including phenoxy) is 1. The van der Waals surface area contributed by atoms with Gasteiger partial charge in [0.1, 0.15) is 0 Å². The molecule has 27 heavy (non-hydrogen) atoms. The molecule has 0 radical (unpaired) electrons. The second kappa shape index (κ2) is 7.27. The second-order valence-corrected chi connectivity index (χ2v) is 5.00. The number of hydrogen-bond acceptors (Lipinski definition) is 3. The van der Waals surface area contributed by atoms with Gasteiger partial charge in [-0.15, -0.1) is 0 Å². The van der Waals surface area contributed by atoms with Gasteiger partial charge in [0.2, 0.25) is 0 Å². The van der Waals surface area contributed by atoms with Crippen LogP contribution < -0.4 is 5.32 Å². The lowest BCUT2D eigenvalue weighted by Gasteiger charge is -2.36. The van der Waals surface area contributed by atoms with Crippen molar-refractivity contribution in [2.24, 2.45) is 5.41 Å². The summed E-state index contributed by atoms with van der Waals surface area (Å²) in [5.41, 5.74) is -7.65. The normalized spacial score (nSPS) is 13.3. The first-order valence-corrected chi connectivity index (χ1v) is 6.88. The fourth-order valence-electron chi connectivity index (χ4n) is 2.00. The summed E-state index contributed by atoms with van der Waals surface area (Å²) in [6.45, 7) is 1.42. The molecule has 0 aliphatic carbocycles. The van der Waals surface area contributed by atoms with Gasteiger partial charge in [0.25, 0.3) is 5.91 Å². The fraction of sp³-hybridized carbons (Fsp3) is 0.429. The number of alkyl halides is 9. The van der Waals surface area contributed by atoms with Crippen molar-refractivity contribution < 1.29 is 53.8 Å². The Morgan fingerprint density at radius 2 is 1.26 bits per heavy atom. The maximum atomic E-state index is 12.8. The highest BCUT2D eigenvalue weighted by Gasteiger charge is 2.88. The number of halogens is 9. The van der Waals surface area contributed by atoms with Gasteiger partial charge in [-0.1, -0.05) is 0 Å². The average molecular weight is 411 g/mol. The molecular weight excluding hydrogens is 401 g/mol. The third-order valence-electron chi connectivity index (χ3n) is 3.27. The van der Waals surface area contributed by atoms with Crippen LogP contribution >= 0.6 is 0 Å². The van der Waals surface area contributed by atoms with E-state index in [-0.39, 0.29) is 12.2 Å². The molecule has 0 aromatic heterocycles. The number of hydrogen-bond donors (Lipinski definition) is 1. The monoisotopic (exact) mass is 411 g/mol. The summed E-state index contributed by atoms with van der Waals surface area (Å²) in [4.78, 5) is 22.9. The first-order valence-electron chi connectivity index (χ1n) is 6.88. The molecule has 1 aromatic carbocycles. The quantitative estimate of drug-likeness (QED) is 0.588. The van der Waals surface area contributed by atoms with E-state index < -0.39 is 41.5 Å². The van der Waals surface area contributed by atoms with Gasteiger partial charge in [0.05, 0.1) is 12.2 Å². The van der Waals surface area contributed by atoms with Crippen molar-refractivity contribution in [2.45, 2.75) is 25.5 Å². The van der Waals surface area contributed by atoms with Crippen LogP contribution in [0.4, 0.5) is 45.2 Å². The Morgan fingerprint density at radius 3 is 1.59 bits per heavy atom. The van der Waals surface area contributed by atoms with Gasteiger partial charge < -0.3 is 10.1 Å². The molecule has 1 aromatic rings. The molecule has 0 aliphatic rings. The van der Waals surface area contributed by atoms with Crippen molar-refractivity contribution in [2.75, 3.05) is 11.9 Å². The molecule has 0 spiro atoms. The number of carbonyl (C=O) groups is 2. The van der Waals surface area contributed by atoms with Crippen molar-refractivity contribution in [3.63, 3.8) is 0 Å². The number of amides is 1. The van der Waals surface area contributed by atoms with Gasteiger partial charge >= 0.3 is 29.9 Å². The molecule has 0 heterocycles. The number of nitrogens with one attached hydrogen (secondary N) is 1. The van der Waals surface area contributed by atoms with Crippen LogP contribution in [0.25, 0.3) is 0 Å². The predicted molar refractivity (Wildman–Crippen MR) is 71.6 cm³/mol. The number of anilines is 1. The lowest BCUT2D eigenvalue weighted by Crippen LogP contribution is -2.65. The molecular formula is C14H10F9NO3. The lowest BCUT2D eigenvalue weighted by molar-refractivity contribution is -0.405. The standard InChI is InChI=1S/C14H10F9NO3/c1-2-27-9(25)7-3-5-8(6-4-7)24-10(26)11(12(15,16)17,13(18,19)20)14(21,22)23/h3-6H,2H2,1H3,(H,24,26). The first-order chi connectivity index (χ1) is 12.1. The highest BCUT2D eigenvalue weighted by atomic mass is 19.4. The SMILES string of the molecule is CCOC(=O)c1ccc(NC(=O)C(C(F)(F)F)(C(F)(F)F)C(F)(F)F)cc1. The van der Waals surface area contributed by atoms with Crippen LogP contribution in [-0.4, -0.2) is 37.0 Å². The third-order valence-corrected chi connectivity index (χ3v) is 3.27. The predicted octanol–water partition coefficient (Wildman–Crippen LogP) is 4.48. The molecule has 0 unspecified atom stereocenters. The molecule has 0 fully saturated rings. The van der Waals surface area contributed by atoms with E-state index in [1.807, 2.05) is 0 Å². The minimum Gasteiger partial charge on any atom is -0.462 e. The highest BCUT2D eigenvalue weighted by molar-refractivity contribution is 5.98. The Kier molecular flexibility index (Phi) is 6.08. The lowest BCUT2D eigenvalue weighted by atomic mass is 9.84. The highest BCUT2D eigenvalue weighted by Crippen LogP contribution is 2.59. The van der Waals surface area contributed by atoms with Gasteiger partial charge in [0.15, 0.2) is 0 Å². The summed E-state index contributed by atoms with van der Waals surface area (Å²) >= 11 is 0. The van der Waals surface area contributed by atoms with E-state index in [2.05, 4.69) is 4.74 Å². The molecule has 0 atom stereocenters. The summed E-state index contributed by atoms with van der Waals surface area (Å²) < 4.78 is 120. The Hall–Kier alpha value is -2.47. The first kappa shape index (κ1) is 22.6. The molecule has 152 valence electrons. The van der Waals surface area contributed by atoms with Crippen LogP contribution in [0.1, 0.15) is 17.3 Å². The van der Waals surface area contributed by atoms with Gasteiger partial charge in [-0.25, -0.2) is 4.79 Å². The topological polar surface area (TPSA) is 55.4 Å². The van der Waals surface area contributed by atoms with Gasteiger partial charge in [0, 0.05) is 5.69 Å². The molecule has 0 saturated heterocycles. The number of benzene rings is 1. The minimum absolute atomic E-state index is 0.0391. The summed E-state index contributed by atoms with van der Waals surface area (Å²) in [6.07, 6.45) is -21.0. The Morgan fingerprint density at radius 1 is 0.852 bits per heavy atom. The summed E-state index contributed by atoms with van der Waals surface area (Å²) in [5, 5.41) is 0.950. The zero-order valence-corrected chi connectivity index (χ0v) is 13.1. The molecule has 0 bridgehead atoms. The van der Waals surface area contributed by atoms with E-state index in [4.69, 9.17) is 0 Å². The fourth-order valence-corrected chi connectivity index (χ4v) is 2.00. The van der Waals surface area contributed by atoms with Crippen molar-refractivity contribution in [3.05, 3.63) is 29.8 Å². The van der Waals surface area contributed by atoms with E-state index in [0.717, 1.165) is 17.4 Å². The van der Waals surface area contributed by atoms with E-state index >= 15 is 0 Å². The van der Waals surface area contributed by atoms with Crippen LogP contribution in [0.5, 0.6) is 0 Å². The van der Waals surface area contributed by atoms with Gasteiger partial charge in [-0.2, -0.15) is 39.5 Å². The Bertz CT molecular complexity index is 654. The van der Waals surface area contributed by atoms with Crippen LogP contribution in [0.15, 0.2) is 24.3 Å². The molecule has 1 amide bonds. The van der Waals surface area contributed by atoms with E-state index in [9.17, 15) is 49.1 Å². The van der Waals surface area contributed by atoms with E-state index in [1.165, 1.54) is 6.92 Å². The molecule has 4 nitrogen and oxygen atoms in total. The third kappa shape index (κ3) is 4.11. The van der Waals surface area contributed by atoms with Gasteiger partial charge in [-0.05, 0) is 31.2 Å². The Balaban J connectivity index is 3.32. The van der Waals surface area contributed by atoms with Crippen molar-refractivity contribution in [1.29, 1.82) is 0 Å². The van der Waals surface area contributed by atoms with Crippen LogP contribution in [0, 0.1) is 5.41 Å². The van der Waals surface area contributed by atoms with Crippen LogP contribution in [0.2, 0.25) is 0 Å². The van der Waals surface area contributed by atoms with Crippen molar-refractivity contribution in [1.82, 2.24) is 0 Å².